The van der Waals surface area contributed by atoms with Gasteiger partial charge >= 0.3 is 0 Å². The molecule has 0 aliphatic heterocycles. The highest BCUT2D eigenvalue weighted by atomic mass is 16.5. The molecule has 100 valence electrons. The van der Waals surface area contributed by atoms with Crippen LogP contribution in [0.1, 0.15) is 0 Å². The monoisotopic (exact) mass is 259 g/mol. The molecule has 1 atom stereocenters. The van der Waals surface area contributed by atoms with Gasteiger partial charge in [0.1, 0.15) is 18.5 Å². The van der Waals surface area contributed by atoms with Crippen LogP contribution < -0.4 is 4.74 Å². The lowest BCUT2D eigenvalue weighted by Gasteiger charge is -2.18. The standard InChI is InChI=1S/C14H17N3O2/c1-17(8-6-15)9-11(18)10-19-14-4-2-3-13-12(14)5-7-16-13/h2-5,7,11,16,18H,8-10H2,1H3. The van der Waals surface area contributed by atoms with E-state index in [0.717, 1.165) is 16.7 Å². The molecule has 0 aliphatic carbocycles. The van der Waals surface area contributed by atoms with Gasteiger partial charge in [-0.05, 0) is 25.2 Å². The van der Waals surface area contributed by atoms with Crippen molar-refractivity contribution >= 4 is 10.9 Å². The van der Waals surface area contributed by atoms with Gasteiger partial charge in [0.2, 0.25) is 0 Å². The summed E-state index contributed by atoms with van der Waals surface area (Å²) in [5, 5.41) is 19.4. The van der Waals surface area contributed by atoms with E-state index >= 15 is 0 Å². The van der Waals surface area contributed by atoms with E-state index in [1.54, 1.807) is 11.9 Å². The zero-order valence-corrected chi connectivity index (χ0v) is 10.8. The van der Waals surface area contributed by atoms with Crippen LogP contribution in [0.2, 0.25) is 0 Å². The van der Waals surface area contributed by atoms with E-state index < -0.39 is 6.10 Å². The SMILES string of the molecule is CN(CC#N)CC(O)COc1cccc2[nH]ccc12. The Morgan fingerprint density at radius 2 is 2.32 bits per heavy atom. The minimum Gasteiger partial charge on any atom is -0.490 e. The van der Waals surface area contributed by atoms with Crippen molar-refractivity contribution in [2.45, 2.75) is 6.10 Å². The van der Waals surface area contributed by atoms with Crippen molar-refractivity contribution in [1.82, 2.24) is 9.88 Å². The Balaban J connectivity index is 1.92. The Morgan fingerprint density at radius 1 is 1.47 bits per heavy atom. The number of nitriles is 1. The van der Waals surface area contributed by atoms with E-state index in [1.165, 1.54) is 0 Å². The number of nitrogens with zero attached hydrogens (tertiary/aromatic N) is 2. The topological polar surface area (TPSA) is 72.3 Å². The second kappa shape index (κ2) is 6.23. The summed E-state index contributed by atoms with van der Waals surface area (Å²) in [6.07, 6.45) is 1.24. The molecule has 0 saturated heterocycles. The van der Waals surface area contributed by atoms with Gasteiger partial charge in [-0.25, -0.2) is 0 Å². The molecular formula is C14H17N3O2. The molecule has 0 radical (unpaired) electrons. The molecule has 5 nitrogen and oxygen atoms in total. The molecule has 0 aliphatic rings. The predicted molar refractivity (Wildman–Crippen MR) is 72.9 cm³/mol. The first-order valence-electron chi connectivity index (χ1n) is 6.13. The highest BCUT2D eigenvalue weighted by molar-refractivity contribution is 5.85. The maximum Gasteiger partial charge on any atom is 0.128 e. The molecule has 0 spiro atoms. The van der Waals surface area contributed by atoms with Crippen molar-refractivity contribution in [2.24, 2.45) is 0 Å². The number of rotatable bonds is 6. The fourth-order valence-electron chi connectivity index (χ4n) is 1.97. The number of benzene rings is 1. The average Bonchev–Trinajstić information content (AvgIpc) is 2.85. The molecule has 0 saturated carbocycles. The van der Waals surface area contributed by atoms with Crippen LogP contribution in [-0.4, -0.2) is 47.8 Å². The zero-order chi connectivity index (χ0) is 13.7. The maximum atomic E-state index is 9.85. The molecule has 1 unspecified atom stereocenters. The molecular weight excluding hydrogens is 242 g/mol. The van der Waals surface area contributed by atoms with Gasteiger partial charge in [0, 0.05) is 23.6 Å². The third kappa shape index (κ3) is 3.47. The second-order valence-corrected chi connectivity index (χ2v) is 4.51. The van der Waals surface area contributed by atoms with Gasteiger partial charge in [-0.2, -0.15) is 5.26 Å². The second-order valence-electron chi connectivity index (χ2n) is 4.51. The number of hydrogen-bond donors (Lipinski definition) is 2. The highest BCUT2D eigenvalue weighted by Gasteiger charge is 2.10. The number of ether oxygens (including phenoxy) is 1. The number of nitrogens with one attached hydrogen (secondary N) is 1. The lowest BCUT2D eigenvalue weighted by atomic mass is 10.2. The fraction of sp³-hybridized carbons (Fsp3) is 0.357. The molecule has 2 rings (SSSR count). The molecule has 1 heterocycles. The van der Waals surface area contributed by atoms with Gasteiger partial charge in [-0.1, -0.05) is 6.07 Å². The largest absolute Gasteiger partial charge is 0.490 e. The van der Waals surface area contributed by atoms with E-state index in [9.17, 15) is 5.11 Å². The number of H-pyrrole nitrogens is 1. The quantitative estimate of drug-likeness (QED) is 0.768. The normalized spacial score (nSPS) is 12.5. The first-order chi connectivity index (χ1) is 9.20. The summed E-state index contributed by atoms with van der Waals surface area (Å²) in [6.45, 7) is 0.918. The van der Waals surface area contributed by atoms with Crippen LogP contribution in [0.15, 0.2) is 30.5 Å². The van der Waals surface area contributed by atoms with Crippen LogP contribution in [0.4, 0.5) is 0 Å². The summed E-state index contributed by atoms with van der Waals surface area (Å²) < 4.78 is 5.64. The van der Waals surface area contributed by atoms with Gasteiger partial charge in [0.05, 0.1) is 12.6 Å². The molecule has 19 heavy (non-hydrogen) atoms. The maximum absolute atomic E-state index is 9.85. The number of likely N-dealkylation sites (N-methyl/N-ethyl adjacent to an activating group) is 1. The van der Waals surface area contributed by atoms with Crippen LogP contribution in [-0.2, 0) is 0 Å². The van der Waals surface area contributed by atoms with Crippen molar-refractivity contribution in [1.29, 1.82) is 5.26 Å². The number of aliphatic hydroxyl groups is 1. The zero-order valence-electron chi connectivity index (χ0n) is 10.8. The van der Waals surface area contributed by atoms with E-state index in [-0.39, 0.29) is 6.61 Å². The van der Waals surface area contributed by atoms with Crippen molar-refractivity contribution in [3.05, 3.63) is 30.5 Å². The van der Waals surface area contributed by atoms with Crippen LogP contribution in [0, 0.1) is 11.3 Å². The number of hydrogen-bond acceptors (Lipinski definition) is 4. The van der Waals surface area contributed by atoms with Gasteiger partial charge in [0.25, 0.3) is 0 Å². The molecule has 5 heteroatoms. The average molecular weight is 259 g/mol. The fourth-order valence-corrected chi connectivity index (χ4v) is 1.97. The van der Waals surface area contributed by atoms with E-state index in [0.29, 0.717) is 13.1 Å². The van der Waals surface area contributed by atoms with Crippen LogP contribution in [0.25, 0.3) is 10.9 Å². The smallest absolute Gasteiger partial charge is 0.128 e. The van der Waals surface area contributed by atoms with E-state index in [2.05, 4.69) is 4.98 Å². The van der Waals surface area contributed by atoms with Crippen molar-refractivity contribution < 1.29 is 9.84 Å². The third-order valence-corrected chi connectivity index (χ3v) is 2.85. The summed E-state index contributed by atoms with van der Waals surface area (Å²) in [7, 11) is 1.79. The third-order valence-electron chi connectivity index (χ3n) is 2.85. The molecule has 1 aromatic heterocycles. The minimum atomic E-state index is -0.618. The molecule has 2 aromatic rings. The van der Waals surface area contributed by atoms with Gasteiger partial charge in [-0.3, -0.25) is 4.90 Å². The Kier molecular flexibility index (Phi) is 4.39. The summed E-state index contributed by atoms with van der Waals surface area (Å²) in [4.78, 5) is 4.86. The summed E-state index contributed by atoms with van der Waals surface area (Å²) in [5.41, 5.74) is 1.01. The number of fused-ring (bicyclic) bond motifs is 1. The highest BCUT2D eigenvalue weighted by Crippen LogP contribution is 2.24. The summed E-state index contributed by atoms with van der Waals surface area (Å²) in [5.74, 6) is 0.751. The summed E-state index contributed by atoms with van der Waals surface area (Å²) in [6, 6.07) is 9.73. The van der Waals surface area contributed by atoms with Crippen LogP contribution >= 0.6 is 0 Å². The Bertz CT molecular complexity index is 573. The Morgan fingerprint density at radius 3 is 3.11 bits per heavy atom. The molecule has 0 amide bonds. The number of aromatic nitrogens is 1. The number of aromatic amines is 1. The molecule has 0 bridgehead atoms. The minimum absolute atomic E-state index is 0.208. The molecule has 2 N–H and O–H groups in total. The Hall–Kier alpha value is -2.03. The molecule has 1 aromatic carbocycles. The Labute approximate surface area is 112 Å². The first-order valence-corrected chi connectivity index (χ1v) is 6.13. The number of aliphatic hydroxyl groups excluding tert-OH is 1. The van der Waals surface area contributed by atoms with Crippen molar-refractivity contribution in [2.75, 3.05) is 26.7 Å². The van der Waals surface area contributed by atoms with Gasteiger partial charge < -0.3 is 14.8 Å². The lowest BCUT2D eigenvalue weighted by molar-refractivity contribution is 0.0805. The lowest BCUT2D eigenvalue weighted by Crippen LogP contribution is -2.33. The van der Waals surface area contributed by atoms with Crippen LogP contribution in [0.3, 0.4) is 0 Å². The van der Waals surface area contributed by atoms with Gasteiger partial charge in [0.15, 0.2) is 0 Å². The van der Waals surface area contributed by atoms with E-state index in [4.69, 9.17) is 10.00 Å². The van der Waals surface area contributed by atoms with Gasteiger partial charge in [-0.15, -0.1) is 0 Å². The van der Waals surface area contributed by atoms with Crippen LogP contribution in [0.5, 0.6) is 5.75 Å². The van der Waals surface area contributed by atoms with Crippen molar-refractivity contribution in [3.8, 4) is 11.8 Å². The van der Waals surface area contributed by atoms with E-state index in [1.807, 2.05) is 36.5 Å². The summed E-state index contributed by atoms with van der Waals surface area (Å²) >= 11 is 0. The van der Waals surface area contributed by atoms with Crippen molar-refractivity contribution in [3.63, 3.8) is 0 Å². The first kappa shape index (κ1) is 13.4. The predicted octanol–water partition coefficient (Wildman–Crippen LogP) is 1.36. The molecule has 0 fully saturated rings.